The number of nitrogens with one attached hydrogen (secondary N) is 1. The van der Waals surface area contributed by atoms with Gasteiger partial charge in [0.2, 0.25) is 0 Å². The quantitative estimate of drug-likeness (QED) is 0.361. The predicted molar refractivity (Wildman–Crippen MR) is 128 cm³/mol. The summed E-state index contributed by atoms with van der Waals surface area (Å²) >= 11 is 1.80. The van der Waals surface area contributed by atoms with Gasteiger partial charge in [0.1, 0.15) is 0 Å². The van der Waals surface area contributed by atoms with Crippen LogP contribution in [0.4, 0.5) is 5.00 Å². The standard InChI is InChI=1S/C20H28N4O2S.HI/c1-4-26-18-14-16(7-8-17(18)25-3)15-22-20(21-2)24-11-9-23(10-12-24)19-6-5-13-27-19;/h5-8,13-14H,4,9-12,15H2,1-3H3,(H,21,22);1H. The molecular weight excluding hydrogens is 487 g/mol. The van der Waals surface area contributed by atoms with E-state index in [1.807, 2.05) is 26.1 Å². The molecule has 6 nitrogen and oxygen atoms in total. The van der Waals surface area contributed by atoms with Gasteiger partial charge in [0.15, 0.2) is 17.5 Å². The Balaban J connectivity index is 0.00000280. The molecule has 0 spiro atoms. The zero-order valence-corrected chi connectivity index (χ0v) is 19.8. The summed E-state index contributed by atoms with van der Waals surface area (Å²) in [7, 11) is 3.50. The number of piperazine rings is 1. The van der Waals surface area contributed by atoms with Gasteiger partial charge in [-0.3, -0.25) is 4.99 Å². The van der Waals surface area contributed by atoms with Gasteiger partial charge in [-0.25, -0.2) is 0 Å². The zero-order chi connectivity index (χ0) is 19.1. The third kappa shape index (κ3) is 5.66. The summed E-state index contributed by atoms with van der Waals surface area (Å²) in [4.78, 5) is 9.22. The normalized spacial score (nSPS) is 14.5. The SMILES string of the molecule is CCOc1cc(CNC(=NC)N2CCN(c3cccs3)CC2)ccc1OC.I. The van der Waals surface area contributed by atoms with E-state index >= 15 is 0 Å². The second-order valence-electron chi connectivity index (χ2n) is 6.24. The van der Waals surface area contributed by atoms with Crippen LogP contribution in [-0.2, 0) is 6.54 Å². The topological polar surface area (TPSA) is 49.3 Å². The van der Waals surface area contributed by atoms with E-state index in [-0.39, 0.29) is 24.0 Å². The van der Waals surface area contributed by atoms with Crippen LogP contribution in [0.5, 0.6) is 11.5 Å². The van der Waals surface area contributed by atoms with E-state index in [9.17, 15) is 0 Å². The summed E-state index contributed by atoms with van der Waals surface area (Å²) in [5.41, 5.74) is 1.14. The molecule has 2 aromatic rings. The van der Waals surface area contributed by atoms with Crippen LogP contribution in [0.3, 0.4) is 0 Å². The molecule has 2 heterocycles. The molecule has 154 valence electrons. The molecule has 1 aliphatic heterocycles. The molecule has 3 rings (SSSR count). The van der Waals surface area contributed by atoms with Crippen LogP contribution in [0.2, 0.25) is 0 Å². The van der Waals surface area contributed by atoms with Crippen LogP contribution in [0.25, 0.3) is 0 Å². The third-order valence-corrected chi connectivity index (χ3v) is 5.52. The first kappa shape index (κ1) is 22.6. The number of anilines is 1. The van der Waals surface area contributed by atoms with Crippen molar-refractivity contribution in [2.45, 2.75) is 13.5 Å². The molecule has 0 unspecified atom stereocenters. The molecule has 1 saturated heterocycles. The fourth-order valence-corrected chi connectivity index (χ4v) is 3.99. The lowest BCUT2D eigenvalue weighted by molar-refractivity contribution is 0.310. The van der Waals surface area contributed by atoms with Gasteiger partial charge in [0.05, 0.1) is 18.7 Å². The van der Waals surface area contributed by atoms with E-state index in [4.69, 9.17) is 9.47 Å². The molecule has 1 aromatic heterocycles. The number of hydrogen-bond acceptors (Lipinski definition) is 5. The Bertz CT molecular complexity index is 747. The summed E-state index contributed by atoms with van der Waals surface area (Å²) in [6.07, 6.45) is 0. The van der Waals surface area contributed by atoms with E-state index in [0.717, 1.165) is 49.2 Å². The summed E-state index contributed by atoms with van der Waals surface area (Å²) in [5, 5.41) is 6.95. The lowest BCUT2D eigenvalue weighted by atomic mass is 10.2. The van der Waals surface area contributed by atoms with Gasteiger partial charge in [-0.15, -0.1) is 35.3 Å². The van der Waals surface area contributed by atoms with Crippen molar-refractivity contribution < 1.29 is 9.47 Å². The first-order valence-corrected chi connectivity index (χ1v) is 10.2. The van der Waals surface area contributed by atoms with Crippen molar-refractivity contribution in [1.29, 1.82) is 0 Å². The summed E-state index contributed by atoms with van der Waals surface area (Å²) in [6, 6.07) is 10.3. The van der Waals surface area contributed by atoms with Crippen molar-refractivity contribution in [3.8, 4) is 11.5 Å². The second kappa shape index (κ2) is 11.4. The number of nitrogens with zero attached hydrogens (tertiary/aromatic N) is 3. The van der Waals surface area contributed by atoms with Crippen LogP contribution in [0, 0.1) is 0 Å². The van der Waals surface area contributed by atoms with Crippen molar-refractivity contribution in [3.63, 3.8) is 0 Å². The van der Waals surface area contributed by atoms with Crippen molar-refractivity contribution in [1.82, 2.24) is 10.2 Å². The van der Waals surface area contributed by atoms with Crippen molar-refractivity contribution >= 4 is 46.3 Å². The average Bonchev–Trinajstić information content (AvgIpc) is 3.24. The van der Waals surface area contributed by atoms with Crippen molar-refractivity contribution in [2.75, 3.05) is 51.8 Å². The molecule has 1 N–H and O–H groups in total. The molecule has 0 bridgehead atoms. The van der Waals surface area contributed by atoms with Crippen LogP contribution < -0.4 is 19.7 Å². The molecular formula is C20H29IN4O2S. The fraction of sp³-hybridized carbons (Fsp3) is 0.450. The zero-order valence-electron chi connectivity index (χ0n) is 16.7. The Morgan fingerprint density at radius 3 is 2.57 bits per heavy atom. The highest BCUT2D eigenvalue weighted by atomic mass is 127. The molecule has 0 saturated carbocycles. The highest BCUT2D eigenvalue weighted by Gasteiger charge is 2.20. The van der Waals surface area contributed by atoms with Crippen LogP contribution >= 0.6 is 35.3 Å². The van der Waals surface area contributed by atoms with Gasteiger partial charge in [-0.2, -0.15) is 0 Å². The number of thiophene rings is 1. The summed E-state index contributed by atoms with van der Waals surface area (Å²) in [6.45, 7) is 7.23. The van der Waals surface area contributed by atoms with Gasteiger partial charge < -0.3 is 24.6 Å². The average molecular weight is 516 g/mol. The number of benzene rings is 1. The molecule has 0 amide bonds. The Labute approximate surface area is 188 Å². The number of ether oxygens (including phenoxy) is 2. The van der Waals surface area contributed by atoms with Crippen LogP contribution in [0.15, 0.2) is 40.7 Å². The molecule has 1 aromatic carbocycles. The lowest BCUT2D eigenvalue weighted by Gasteiger charge is -2.37. The summed E-state index contributed by atoms with van der Waals surface area (Å²) < 4.78 is 11.0. The second-order valence-corrected chi connectivity index (χ2v) is 7.17. The van der Waals surface area contributed by atoms with E-state index in [1.54, 1.807) is 18.4 Å². The Morgan fingerprint density at radius 1 is 1.18 bits per heavy atom. The van der Waals surface area contributed by atoms with Gasteiger partial charge >= 0.3 is 0 Å². The van der Waals surface area contributed by atoms with E-state index in [0.29, 0.717) is 13.2 Å². The number of aliphatic imine (C=N–C) groups is 1. The monoisotopic (exact) mass is 516 g/mol. The molecule has 0 radical (unpaired) electrons. The first-order chi connectivity index (χ1) is 13.2. The highest BCUT2D eigenvalue weighted by Crippen LogP contribution is 2.28. The van der Waals surface area contributed by atoms with Crippen LogP contribution in [0.1, 0.15) is 12.5 Å². The number of rotatable bonds is 6. The molecule has 8 heteroatoms. The minimum Gasteiger partial charge on any atom is -0.493 e. The summed E-state index contributed by atoms with van der Waals surface area (Å²) in [5.74, 6) is 2.48. The molecule has 0 atom stereocenters. The van der Waals surface area contributed by atoms with Crippen molar-refractivity contribution in [3.05, 3.63) is 41.3 Å². The van der Waals surface area contributed by atoms with Crippen LogP contribution in [-0.4, -0.2) is 57.8 Å². The smallest absolute Gasteiger partial charge is 0.194 e. The molecule has 1 aliphatic rings. The number of halogens is 1. The minimum atomic E-state index is 0. The minimum absolute atomic E-state index is 0. The van der Waals surface area contributed by atoms with Gasteiger partial charge in [-0.05, 0) is 42.1 Å². The fourth-order valence-electron chi connectivity index (χ4n) is 3.20. The molecule has 28 heavy (non-hydrogen) atoms. The van der Waals surface area contributed by atoms with E-state index < -0.39 is 0 Å². The maximum atomic E-state index is 5.67. The number of guanidine groups is 1. The largest absolute Gasteiger partial charge is 0.493 e. The predicted octanol–water partition coefficient (Wildman–Crippen LogP) is 3.67. The van der Waals surface area contributed by atoms with Crippen molar-refractivity contribution in [2.24, 2.45) is 4.99 Å². The number of hydrogen-bond donors (Lipinski definition) is 1. The Morgan fingerprint density at radius 2 is 1.96 bits per heavy atom. The number of methoxy groups -OCH3 is 1. The van der Waals surface area contributed by atoms with Gasteiger partial charge in [0.25, 0.3) is 0 Å². The molecule has 1 fully saturated rings. The van der Waals surface area contributed by atoms with E-state index in [2.05, 4.69) is 43.7 Å². The third-order valence-electron chi connectivity index (χ3n) is 4.59. The van der Waals surface area contributed by atoms with Gasteiger partial charge in [-0.1, -0.05) is 6.07 Å². The Hall–Kier alpha value is -1.68. The molecule has 0 aliphatic carbocycles. The van der Waals surface area contributed by atoms with E-state index in [1.165, 1.54) is 5.00 Å². The Kier molecular flexibility index (Phi) is 9.17. The maximum absolute atomic E-state index is 5.67. The lowest BCUT2D eigenvalue weighted by Crippen LogP contribution is -2.52. The van der Waals surface area contributed by atoms with Gasteiger partial charge in [0, 0.05) is 39.8 Å². The maximum Gasteiger partial charge on any atom is 0.194 e. The highest BCUT2D eigenvalue weighted by molar-refractivity contribution is 14.0. The first-order valence-electron chi connectivity index (χ1n) is 9.29.